The van der Waals surface area contributed by atoms with Crippen molar-refractivity contribution in [2.75, 3.05) is 7.11 Å². The summed E-state index contributed by atoms with van der Waals surface area (Å²) in [6, 6.07) is 0. The van der Waals surface area contributed by atoms with Gasteiger partial charge in [0.2, 0.25) is 0 Å². The first-order valence-electron chi connectivity index (χ1n) is 5.39. The van der Waals surface area contributed by atoms with Crippen LogP contribution < -0.4 is 0 Å². The Morgan fingerprint density at radius 2 is 2.31 bits per heavy atom. The molecule has 0 saturated heterocycles. The van der Waals surface area contributed by atoms with Crippen LogP contribution in [0.15, 0.2) is 11.8 Å². The summed E-state index contributed by atoms with van der Waals surface area (Å²) in [5, 5.41) is 19.4. The maximum absolute atomic E-state index is 11.2. The van der Waals surface area contributed by atoms with Crippen LogP contribution in [0.2, 0.25) is 0 Å². The highest BCUT2D eigenvalue weighted by molar-refractivity contribution is 5.83. The largest absolute Gasteiger partial charge is 0.501 e. The van der Waals surface area contributed by atoms with Crippen molar-refractivity contribution < 1.29 is 24.5 Å². The fourth-order valence-electron chi connectivity index (χ4n) is 1.66. The van der Waals surface area contributed by atoms with Gasteiger partial charge in [-0.1, -0.05) is 13.3 Å². The van der Waals surface area contributed by atoms with Crippen molar-refractivity contribution in [1.82, 2.24) is 0 Å². The van der Waals surface area contributed by atoms with E-state index in [0.717, 1.165) is 6.42 Å². The lowest BCUT2D eigenvalue weighted by molar-refractivity contribution is -0.157. The Morgan fingerprint density at radius 3 is 2.88 bits per heavy atom. The molecule has 1 heterocycles. The van der Waals surface area contributed by atoms with E-state index in [-0.39, 0.29) is 0 Å². The fourth-order valence-corrected chi connectivity index (χ4v) is 1.66. The lowest BCUT2D eigenvalue weighted by Crippen LogP contribution is -2.41. The third kappa shape index (κ3) is 3.21. The Labute approximate surface area is 94.7 Å². The van der Waals surface area contributed by atoms with Crippen LogP contribution in [-0.4, -0.2) is 41.6 Å². The quantitative estimate of drug-likeness (QED) is 0.667. The molecule has 0 radical (unpaired) electrons. The topological polar surface area (TPSA) is 76.0 Å². The number of carbonyl (C=O) groups excluding carboxylic acids is 1. The lowest BCUT2D eigenvalue weighted by atomic mass is 9.99. The van der Waals surface area contributed by atoms with Crippen molar-refractivity contribution >= 4 is 5.97 Å². The van der Waals surface area contributed by atoms with Gasteiger partial charge in [0.15, 0.2) is 0 Å². The second kappa shape index (κ2) is 5.86. The molecule has 0 fully saturated rings. The van der Waals surface area contributed by atoms with Crippen LogP contribution in [0.4, 0.5) is 0 Å². The Kier molecular flexibility index (Phi) is 4.76. The summed E-state index contributed by atoms with van der Waals surface area (Å²) in [5.41, 5.74) is 0. The number of esters is 1. The number of aliphatic hydroxyl groups excluding tert-OH is 2. The Morgan fingerprint density at radius 1 is 1.62 bits per heavy atom. The van der Waals surface area contributed by atoms with Gasteiger partial charge in [-0.25, -0.2) is 4.79 Å². The minimum atomic E-state index is -1.07. The molecule has 0 amide bonds. The molecule has 1 rings (SSSR count). The van der Waals surface area contributed by atoms with E-state index < -0.39 is 24.3 Å². The summed E-state index contributed by atoms with van der Waals surface area (Å²) in [7, 11) is 1.45. The SMILES string of the molecule is CCC[C@H](O)[C@@H](O)[C@@H]1CC(OC)=CC(=O)O1. The zero-order valence-electron chi connectivity index (χ0n) is 9.55. The molecule has 0 aromatic carbocycles. The molecule has 3 atom stereocenters. The van der Waals surface area contributed by atoms with Gasteiger partial charge >= 0.3 is 5.97 Å². The van der Waals surface area contributed by atoms with Crippen molar-refractivity contribution in [3.8, 4) is 0 Å². The number of ether oxygens (including phenoxy) is 2. The van der Waals surface area contributed by atoms with E-state index in [0.29, 0.717) is 18.6 Å². The van der Waals surface area contributed by atoms with E-state index in [1.54, 1.807) is 0 Å². The first kappa shape index (κ1) is 13.0. The van der Waals surface area contributed by atoms with Crippen molar-refractivity contribution in [3.05, 3.63) is 11.8 Å². The molecule has 1 aliphatic heterocycles. The summed E-state index contributed by atoms with van der Waals surface area (Å²) >= 11 is 0. The van der Waals surface area contributed by atoms with Crippen LogP contribution >= 0.6 is 0 Å². The molecule has 0 saturated carbocycles. The molecule has 5 heteroatoms. The first-order valence-corrected chi connectivity index (χ1v) is 5.39. The molecule has 0 aromatic rings. The molecule has 0 unspecified atom stereocenters. The third-order valence-corrected chi connectivity index (χ3v) is 2.57. The molecule has 0 bridgehead atoms. The summed E-state index contributed by atoms with van der Waals surface area (Å²) in [4.78, 5) is 11.2. The number of hydrogen-bond donors (Lipinski definition) is 2. The number of rotatable bonds is 5. The van der Waals surface area contributed by atoms with E-state index in [2.05, 4.69) is 0 Å². The Balaban J connectivity index is 2.61. The van der Waals surface area contributed by atoms with Crippen molar-refractivity contribution in [2.24, 2.45) is 0 Å². The second-order valence-corrected chi connectivity index (χ2v) is 3.84. The van der Waals surface area contributed by atoms with Crippen LogP contribution in [-0.2, 0) is 14.3 Å². The number of aliphatic hydroxyl groups is 2. The van der Waals surface area contributed by atoms with Crippen LogP contribution in [0.25, 0.3) is 0 Å². The highest BCUT2D eigenvalue weighted by atomic mass is 16.6. The smallest absolute Gasteiger partial charge is 0.334 e. The molecule has 16 heavy (non-hydrogen) atoms. The Hall–Kier alpha value is -1.07. The van der Waals surface area contributed by atoms with Crippen LogP contribution in [0.1, 0.15) is 26.2 Å². The van der Waals surface area contributed by atoms with Gasteiger partial charge in [-0.3, -0.25) is 0 Å². The van der Waals surface area contributed by atoms with Gasteiger partial charge in [-0.05, 0) is 6.42 Å². The van der Waals surface area contributed by atoms with E-state index in [1.165, 1.54) is 13.2 Å². The summed E-state index contributed by atoms with van der Waals surface area (Å²) < 4.78 is 9.89. The van der Waals surface area contributed by atoms with Gasteiger partial charge in [0.25, 0.3) is 0 Å². The summed E-state index contributed by atoms with van der Waals surface area (Å²) in [6.07, 6.45) is 0.1000. The van der Waals surface area contributed by atoms with Crippen molar-refractivity contribution in [2.45, 2.75) is 44.5 Å². The van der Waals surface area contributed by atoms with Crippen LogP contribution in [0.5, 0.6) is 0 Å². The molecule has 0 aliphatic carbocycles. The normalized spacial score (nSPS) is 24.4. The van der Waals surface area contributed by atoms with Gasteiger partial charge in [-0.15, -0.1) is 0 Å². The number of cyclic esters (lactones) is 1. The van der Waals surface area contributed by atoms with Gasteiger partial charge in [-0.2, -0.15) is 0 Å². The average Bonchev–Trinajstić information content (AvgIpc) is 2.27. The molecular formula is C11H18O5. The number of methoxy groups -OCH3 is 1. The number of carbonyl (C=O) groups is 1. The maximum Gasteiger partial charge on any atom is 0.334 e. The molecule has 0 aromatic heterocycles. The summed E-state index contributed by atoms with van der Waals surface area (Å²) in [6.45, 7) is 1.91. The van der Waals surface area contributed by atoms with E-state index in [1.807, 2.05) is 6.92 Å². The molecule has 5 nitrogen and oxygen atoms in total. The highest BCUT2D eigenvalue weighted by Crippen LogP contribution is 2.21. The van der Waals surface area contributed by atoms with Gasteiger partial charge in [0.05, 0.1) is 19.3 Å². The molecular weight excluding hydrogens is 212 g/mol. The minimum absolute atomic E-state index is 0.296. The monoisotopic (exact) mass is 230 g/mol. The molecule has 1 aliphatic rings. The van der Waals surface area contributed by atoms with E-state index >= 15 is 0 Å². The third-order valence-electron chi connectivity index (χ3n) is 2.57. The predicted molar refractivity (Wildman–Crippen MR) is 56.5 cm³/mol. The zero-order chi connectivity index (χ0) is 12.1. The highest BCUT2D eigenvalue weighted by Gasteiger charge is 2.32. The first-order chi connectivity index (χ1) is 7.58. The molecule has 2 N–H and O–H groups in total. The van der Waals surface area contributed by atoms with Crippen LogP contribution in [0, 0.1) is 0 Å². The fraction of sp³-hybridized carbons (Fsp3) is 0.727. The predicted octanol–water partition coefficient (Wildman–Crippen LogP) is 0.354. The van der Waals surface area contributed by atoms with Gasteiger partial charge in [0, 0.05) is 6.42 Å². The van der Waals surface area contributed by atoms with Gasteiger partial charge in [0.1, 0.15) is 18.0 Å². The summed E-state index contributed by atoms with van der Waals surface area (Å²) in [5.74, 6) is -0.0835. The van der Waals surface area contributed by atoms with Crippen LogP contribution in [0.3, 0.4) is 0 Å². The van der Waals surface area contributed by atoms with E-state index in [9.17, 15) is 15.0 Å². The number of hydrogen-bond acceptors (Lipinski definition) is 5. The molecule has 92 valence electrons. The van der Waals surface area contributed by atoms with Crippen molar-refractivity contribution in [3.63, 3.8) is 0 Å². The zero-order valence-corrected chi connectivity index (χ0v) is 9.55. The lowest BCUT2D eigenvalue weighted by Gasteiger charge is -2.29. The van der Waals surface area contributed by atoms with Gasteiger partial charge < -0.3 is 19.7 Å². The molecule has 0 spiro atoms. The average molecular weight is 230 g/mol. The Bertz CT molecular complexity index is 274. The standard InChI is InChI=1S/C11H18O5/c1-3-4-8(12)11(14)9-5-7(15-2)6-10(13)16-9/h6,8-9,11-12,14H,3-5H2,1-2H3/t8-,9-,11+/m0/s1. The van der Waals surface area contributed by atoms with Crippen molar-refractivity contribution in [1.29, 1.82) is 0 Å². The minimum Gasteiger partial charge on any atom is -0.501 e. The maximum atomic E-state index is 11.2. The van der Waals surface area contributed by atoms with E-state index in [4.69, 9.17) is 9.47 Å². The second-order valence-electron chi connectivity index (χ2n) is 3.84.